The second-order valence-corrected chi connectivity index (χ2v) is 4.72. The number of rotatable bonds is 2. The number of nitrogens with one attached hydrogen (secondary N) is 1. The lowest BCUT2D eigenvalue weighted by atomic mass is 9.97. The molecule has 0 unspecified atom stereocenters. The number of amides is 1. The molecule has 4 heteroatoms. The predicted octanol–water partition coefficient (Wildman–Crippen LogP) is 2.70. The molecule has 0 spiro atoms. The van der Waals surface area contributed by atoms with Crippen molar-refractivity contribution in [2.24, 2.45) is 0 Å². The van der Waals surface area contributed by atoms with Crippen molar-refractivity contribution < 1.29 is 9.21 Å². The molecule has 1 heterocycles. The Balaban J connectivity index is 1.88. The van der Waals surface area contributed by atoms with Crippen LogP contribution in [-0.2, 0) is 0 Å². The number of hydrogen-bond donors (Lipinski definition) is 2. The molecule has 1 saturated carbocycles. The van der Waals surface area contributed by atoms with Gasteiger partial charge in [0.15, 0.2) is 11.6 Å². The molecule has 94 valence electrons. The second kappa shape index (κ2) is 5.75. The Morgan fingerprint density at radius 1 is 1.18 bits per heavy atom. The van der Waals surface area contributed by atoms with Crippen LogP contribution in [0.2, 0.25) is 0 Å². The molecule has 0 atom stereocenters. The molecular formula is C13H20N2O2. The van der Waals surface area contributed by atoms with Crippen LogP contribution in [-0.4, -0.2) is 11.9 Å². The zero-order valence-electron chi connectivity index (χ0n) is 10.1. The average molecular weight is 236 g/mol. The summed E-state index contributed by atoms with van der Waals surface area (Å²) in [6.45, 7) is 0. The molecule has 1 aliphatic rings. The number of carbonyl (C=O) groups is 1. The second-order valence-electron chi connectivity index (χ2n) is 4.72. The van der Waals surface area contributed by atoms with Crippen molar-refractivity contribution in [1.82, 2.24) is 5.32 Å². The molecule has 1 aromatic heterocycles. The highest BCUT2D eigenvalue weighted by Crippen LogP contribution is 2.18. The third-order valence-corrected chi connectivity index (χ3v) is 3.29. The van der Waals surface area contributed by atoms with E-state index in [1.807, 2.05) is 0 Å². The van der Waals surface area contributed by atoms with Crippen LogP contribution in [0.4, 0.5) is 5.88 Å². The lowest BCUT2D eigenvalue weighted by molar-refractivity contribution is 0.0903. The van der Waals surface area contributed by atoms with Gasteiger partial charge in [0, 0.05) is 12.1 Å². The highest BCUT2D eigenvalue weighted by atomic mass is 16.4. The van der Waals surface area contributed by atoms with Crippen molar-refractivity contribution in [3.05, 3.63) is 17.9 Å². The van der Waals surface area contributed by atoms with Crippen LogP contribution in [0.3, 0.4) is 0 Å². The average Bonchev–Trinajstić information content (AvgIpc) is 2.68. The first-order chi connectivity index (χ1) is 8.25. The molecule has 1 fully saturated rings. The zero-order valence-corrected chi connectivity index (χ0v) is 10.1. The fraction of sp³-hybridized carbons (Fsp3) is 0.615. The molecule has 1 aliphatic carbocycles. The van der Waals surface area contributed by atoms with Gasteiger partial charge in [-0.2, -0.15) is 0 Å². The fourth-order valence-electron chi connectivity index (χ4n) is 2.33. The lowest BCUT2D eigenvalue weighted by Crippen LogP contribution is -2.35. The molecule has 17 heavy (non-hydrogen) atoms. The Hall–Kier alpha value is -1.45. The van der Waals surface area contributed by atoms with Gasteiger partial charge in [0.05, 0.1) is 0 Å². The van der Waals surface area contributed by atoms with Gasteiger partial charge in [-0.15, -0.1) is 0 Å². The van der Waals surface area contributed by atoms with E-state index in [0.717, 1.165) is 12.8 Å². The Morgan fingerprint density at radius 3 is 2.41 bits per heavy atom. The lowest BCUT2D eigenvalue weighted by Gasteiger charge is -2.20. The Kier molecular flexibility index (Phi) is 4.07. The fourth-order valence-corrected chi connectivity index (χ4v) is 2.33. The molecule has 1 amide bonds. The molecule has 4 nitrogen and oxygen atoms in total. The van der Waals surface area contributed by atoms with Crippen LogP contribution in [0.15, 0.2) is 16.5 Å². The largest absolute Gasteiger partial charge is 0.436 e. The van der Waals surface area contributed by atoms with Crippen molar-refractivity contribution in [1.29, 1.82) is 0 Å². The smallest absolute Gasteiger partial charge is 0.287 e. The van der Waals surface area contributed by atoms with Crippen LogP contribution >= 0.6 is 0 Å². The van der Waals surface area contributed by atoms with Crippen LogP contribution in [0.5, 0.6) is 0 Å². The highest BCUT2D eigenvalue weighted by Gasteiger charge is 2.17. The number of anilines is 1. The molecule has 0 bridgehead atoms. The minimum Gasteiger partial charge on any atom is -0.436 e. The first-order valence-electron chi connectivity index (χ1n) is 6.42. The van der Waals surface area contributed by atoms with Crippen molar-refractivity contribution in [3.8, 4) is 0 Å². The van der Waals surface area contributed by atoms with E-state index in [4.69, 9.17) is 10.2 Å². The van der Waals surface area contributed by atoms with Gasteiger partial charge in [-0.1, -0.05) is 32.1 Å². The van der Waals surface area contributed by atoms with E-state index in [2.05, 4.69) is 5.32 Å². The molecule has 1 aromatic rings. The monoisotopic (exact) mass is 236 g/mol. The van der Waals surface area contributed by atoms with Gasteiger partial charge >= 0.3 is 0 Å². The van der Waals surface area contributed by atoms with Crippen molar-refractivity contribution >= 4 is 11.8 Å². The Morgan fingerprint density at radius 2 is 1.82 bits per heavy atom. The van der Waals surface area contributed by atoms with Gasteiger partial charge < -0.3 is 15.5 Å². The van der Waals surface area contributed by atoms with Crippen LogP contribution in [0.25, 0.3) is 0 Å². The molecular weight excluding hydrogens is 216 g/mol. The van der Waals surface area contributed by atoms with E-state index in [1.54, 1.807) is 12.1 Å². The molecule has 0 radical (unpaired) electrons. The van der Waals surface area contributed by atoms with Gasteiger partial charge in [0.2, 0.25) is 0 Å². The normalized spacial score (nSPS) is 18.4. The standard InChI is InChI=1S/C13H20N2O2/c14-12-9-8-11(17-12)13(16)15-10-6-4-2-1-3-5-7-10/h8-10H,1-7,14H2,(H,15,16). The summed E-state index contributed by atoms with van der Waals surface area (Å²) < 4.78 is 5.11. The topological polar surface area (TPSA) is 68.3 Å². The highest BCUT2D eigenvalue weighted by molar-refractivity contribution is 5.92. The summed E-state index contributed by atoms with van der Waals surface area (Å²) in [4.78, 5) is 11.9. The summed E-state index contributed by atoms with van der Waals surface area (Å²) in [5.41, 5.74) is 5.45. The maximum absolute atomic E-state index is 11.9. The number of nitrogens with two attached hydrogens (primary N) is 1. The van der Waals surface area contributed by atoms with E-state index in [9.17, 15) is 4.79 Å². The maximum atomic E-state index is 11.9. The Labute approximate surface area is 102 Å². The van der Waals surface area contributed by atoms with E-state index in [1.165, 1.54) is 32.1 Å². The molecule has 0 aromatic carbocycles. The van der Waals surface area contributed by atoms with Crippen molar-refractivity contribution in [2.75, 3.05) is 5.73 Å². The van der Waals surface area contributed by atoms with Gasteiger partial charge in [0.1, 0.15) is 0 Å². The molecule has 0 saturated heterocycles. The van der Waals surface area contributed by atoms with Crippen molar-refractivity contribution in [3.63, 3.8) is 0 Å². The summed E-state index contributed by atoms with van der Waals surface area (Å²) in [6, 6.07) is 3.51. The van der Waals surface area contributed by atoms with Gasteiger partial charge in [0.25, 0.3) is 5.91 Å². The van der Waals surface area contributed by atoms with Crippen molar-refractivity contribution in [2.45, 2.75) is 51.0 Å². The first kappa shape index (κ1) is 12.0. The van der Waals surface area contributed by atoms with E-state index >= 15 is 0 Å². The van der Waals surface area contributed by atoms with Gasteiger partial charge in [-0.3, -0.25) is 4.79 Å². The number of carbonyl (C=O) groups excluding carboxylic acids is 1. The van der Waals surface area contributed by atoms with Crippen LogP contribution in [0, 0.1) is 0 Å². The molecule has 2 rings (SSSR count). The Bertz CT molecular complexity index is 365. The quantitative estimate of drug-likeness (QED) is 0.829. The summed E-state index contributed by atoms with van der Waals surface area (Å²) in [5.74, 6) is 0.449. The van der Waals surface area contributed by atoms with E-state index in [0.29, 0.717) is 5.76 Å². The number of nitrogen functional groups attached to an aromatic ring is 1. The minimum atomic E-state index is -0.146. The summed E-state index contributed by atoms with van der Waals surface area (Å²) in [6.07, 6.45) is 8.43. The minimum absolute atomic E-state index is 0.146. The molecule has 3 N–H and O–H groups in total. The van der Waals surface area contributed by atoms with Gasteiger partial charge in [-0.05, 0) is 18.9 Å². The molecule has 0 aliphatic heterocycles. The number of furan rings is 1. The van der Waals surface area contributed by atoms with E-state index in [-0.39, 0.29) is 17.8 Å². The summed E-state index contributed by atoms with van der Waals surface area (Å²) in [5, 5.41) is 3.03. The maximum Gasteiger partial charge on any atom is 0.287 e. The SMILES string of the molecule is Nc1ccc(C(=O)NC2CCCCCCC2)o1. The van der Waals surface area contributed by atoms with Gasteiger partial charge in [-0.25, -0.2) is 0 Å². The zero-order chi connectivity index (χ0) is 12.1. The third-order valence-electron chi connectivity index (χ3n) is 3.29. The van der Waals surface area contributed by atoms with Crippen LogP contribution < -0.4 is 11.1 Å². The van der Waals surface area contributed by atoms with E-state index < -0.39 is 0 Å². The first-order valence-corrected chi connectivity index (χ1v) is 6.42. The summed E-state index contributed by atoms with van der Waals surface area (Å²) in [7, 11) is 0. The predicted molar refractivity (Wildman–Crippen MR) is 66.7 cm³/mol. The van der Waals surface area contributed by atoms with Crippen LogP contribution in [0.1, 0.15) is 55.5 Å². The third kappa shape index (κ3) is 3.51. The summed E-state index contributed by atoms with van der Waals surface area (Å²) >= 11 is 0. The number of hydrogen-bond acceptors (Lipinski definition) is 3.